The van der Waals surface area contributed by atoms with Crippen molar-refractivity contribution in [3.63, 3.8) is 0 Å². The normalized spacial score (nSPS) is 10.4. The van der Waals surface area contributed by atoms with Crippen LogP contribution >= 0.6 is 0 Å². The van der Waals surface area contributed by atoms with Crippen molar-refractivity contribution >= 4 is 12.2 Å². The van der Waals surface area contributed by atoms with Crippen LogP contribution in [0.3, 0.4) is 0 Å². The minimum Gasteiger partial charge on any atom is -0.507 e. The average molecular weight is 193 g/mol. The predicted molar refractivity (Wildman–Crippen MR) is 53.2 cm³/mol. The quantitative estimate of drug-likeness (QED) is 0.477. The lowest BCUT2D eigenvalue weighted by Crippen LogP contribution is -2.24. The number of aryl methyl sites for hydroxylation is 1. The van der Waals surface area contributed by atoms with Crippen LogP contribution in [0.5, 0.6) is 5.75 Å². The van der Waals surface area contributed by atoms with Crippen molar-refractivity contribution in [2.24, 2.45) is 10.8 Å². The van der Waals surface area contributed by atoms with E-state index in [1.54, 1.807) is 18.2 Å². The van der Waals surface area contributed by atoms with Gasteiger partial charge in [0.1, 0.15) is 5.75 Å². The number of nitrogens with one attached hydrogen (secondary N) is 1. The van der Waals surface area contributed by atoms with Gasteiger partial charge in [-0.25, -0.2) is 10.2 Å². The summed E-state index contributed by atoms with van der Waals surface area (Å²) in [5, 5.41) is 12.9. The molecule has 0 aliphatic carbocycles. The fourth-order valence-corrected chi connectivity index (χ4v) is 0.943. The molecule has 74 valence electrons. The van der Waals surface area contributed by atoms with Crippen LogP contribution in [0.2, 0.25) is 0 Å². The zero-order chi connectivity index (χ0) is 10.6. The molecule has 14 heavy (non-hydrogen) atoms. The molecule has 5 nitrogen and oxygen atoms in total. The molecule has 2 amide bonds. The summed E-state index contributed by atoms with van der Waals surface area (Å²) in [4.78, 5) is 10.3. The van der Waals surface area contributed by atoms with E-state index in [1.807, 2.05) is 12.3 Å². The Morgan fingerprint density at radius 2 is 2.36 bits per heavy atom. The van der Waals surface area contributed by atoms with E-state index < -0.39 is 6.03 Å². The first-order chi connectivity index (χ1) is 6.59. The third-order valence-corrected chi connectivity index (χ3v) is 1.56. The van der Waals surface area contributed by atoms with Crippen molar-refractivity contribution in [2.45, 2.75) is 6.92 Å². The average Bonchev–Trinajstić information content (AvgIpc) is 2.10. The van der Waals surface area contributed by atoms with E-state index in [0.29, 0.717) is 5.56 Å². The number of carbonyl (C=O) groups is 1. The van der Waals surface area contributed by atoms with Gasteiger partial charge >= 0.3 is 6.03 Å². The molecule has 0 radical (unpaired) electrons. The first-order valence-corrected chi connectivity index (χ1v) is 3.97. The number of rotatable bonds is 2. The van der Waals surface area contributed by atoms with Crippen LogP contribution in [0, 0.1) is 6.92 Å². The molecule has 0 saturated carbocycles. The lowest BCUT2D eigenvalue weighted by Gasteiger charge is -1.99. The molecule has 0 heterocycles. The Morgan fingerprint density at radius 3 is 3.00 bits per heavy atom. The predicted octanol–water partition coefficient (Wildman–Crippen LogP) is 0.703. The standard InChI is InChI=1S/C9H11N3O2/c1-6-2-3-8(13)7(4-6)5-11-12-9(10)14/h2-5,13H,1H3,(H3,10,12,14)/b11-5-. The number of aromatic hydroxyl groups is 1. The smallest absolute Gasteiger partial charge is 0.332 e. The van der Waals surface area contributed by atoms with Gasteiger partial charge in [0.05, 0.1) is 6.21 Å². The maximum absolute atomic E-state index is 10.3. The van der Waals surface area contributed by atoms with Crippen molar-refractivity contribution < 1.29 is 9.90 Å². The lowest BCUT2D eigenvalue weighted by molar-refractivity contribution is 0.249. The summed E-state index contributed by atoms with van der Waals surface area (Å²) in [6.07, 6.45) is 1.33. The molecule has 1 aromatic carbocycles. The lowest BCUT2D eigenvalue weighted by atomic mass is 10.1. The Balaban J connectivity index is 2.80. The second-order valence-electron chi connectivity index (χ2n) is 2.80. The Morgan fingerprint density at radius 1 is 1.64 bits per heavy atom. The number of carbonyl (C=O) groups excluding carboxylic acids is 1. The van der Waals surface area contributed by atoms with Crippen molar-refractivity contribution in [3.8, 4) is 5.75 Å². The fourth-order valence-electron chi connectivity index (χ4n) is 0.943. The third-order valence-electron chi connectivity index (χ3n) is 1.56. The van der Waals surface area contributed by atoms with Gasteiger partial charge < -0.3 is 10.8 Å². The second-order valence-corrected chi connectivity index (χ2v) is 2.80. The van der Waals surface area contributed by atoms with Gasteiger partial charge in [-0.2, -0.15) is 5.10 Å². The van der Waals surface area contributed by atoms with Gasteiger partial charge in [0.25, 0.3) is 0 Å². The largest absolute Gasteiger partial charge is 0.507 e. The first kappa shape index (κ1) is 10.0. The fraction of sp³-hybridized carbons (Fsp3) is 0.111. The summed E-state index contributed by atoms with van der Waals surface area (Å²) in [5.41, 5.74) is 8.35. The Hall–Kier alpha value is -2.04. The molecular formula is C9H11N3O2. The zero-order valence-electron chi connectivity index (χ0n) is 7.69. The molecule has 0 spiro atoms. The maximum Gasteiger partial charge on any atom is 0.332 e. The number of phenolic OH excluding ortho intramolecular Hbond substituents is 1. The van der Waals surface area contributed by atoms with Crippen LogP contribution in [0.25, 0.3) is 0 Å². The summed E-state index contributed by atoms with van der Waals surface area (Å²) in [7, 11) is 0. The molecule has 0 atom stereocenters. The van der Waals surface area contributed by atoms with E-state index in [9.17, 15) is 9.90 Å². The van der Waals surface area contributed by atoms with E-state index in [2.05, 4.69) is 5.10 Å². The van der Waals surface area contributed by atoms with Gasteiger partial charge in [0.2, 0.25) is 0 Å². The maximum atomic E-state index is 10.3. The molecule has 4 N–H and O–H groups in total. The highest BCUT2D eigenvalue weighted by molar-refractivity contribution is 5.84. The molecule has 5 heteroatoms. The molecule has 0 bridgehead atoms. The van der Waals surface area contributed by atoms with E-state index in [-0.39, 0.29) is 5.75 Å². The van der Waals surface area contributed by atoms with Gasteiger partial charge in [-0.3, -0.25) is 0 Å². The van der Waals surface area contributed by atoms with E-state index in [4.69, 9.17) is 5.73 Å². The van der Waals surface area contributed by atoms with Crippen LogP contribution in [-0.2, 0) is 0 Å². The number of amides is 2. The first-order valence-electron chi connectivity index (χ1n) is 3.97. The second kappa shape index (κ2) is 4.27. The number of hydrazone groups is 1. The van der Waals surface area contributed by atoms with E-state index >= 15 is 0 Å². The highest BCUT2D eigenvalue weighted by Gasteiger charge is 1.97. The van der Waals surface area contributed by atoms with Gasteiger partial charge in [0.15, 0.2) is 0 Å². The van der Waals surface area contributed by atoms with Gasteiger partial charge in [-0.05, 0) is 19.1 Å². The number of nitrogens with two attached hydrogens (primary N) is 1. The molecular weight excluding hydrogens is 182 g/mol. The summed E-state index contributed by atoms with van der Waals surface area (Å²) >= 11 is 0. The number of urea groups is 1. The number of benzene rings is 1. The molecule has 0 unspecified atom stereocenters. The number of hydrogen-bond acceptors (Lipinski definition) is 3. The molecule has 1 aromatic rings. The topological polar surface area (TPSA) is 87.7 Å². The van der Waals surface area contributed by atoms with Crippen LogP contribution in [0.4, 0.5) is 4.79 Å². The van der Waals surface area contributed by atoms with Crippen molar-refractivity contribution in [1.29, 1.82) is 0 Å². The summed E-state index contributed by atoms with van der Waals surface area (Å²) in [5.74, 6) is 0.102. The molecule has 0 aliphatic rings. The Labute approximate surface area is 81.2 Å². The Kier molecular flexibility index (Phi) is 3.06. The number of nitrogens with zero attached hydrogens (tertiary/aromatic N) is 1. The van der Waals surface area contributed by atoms with Crippen LogP contribution in [0.15, 0.2) is 23.3 Å². The summed E-state index contributed by atoms with van der Waals surface area (Å²) in [6, 6.07) is 4.32. The highest BCUT2D eigenvalue weighted by Crippen LogP contribution is 2.15. The van der Waals surface area contributed by atoms with Gasteiger partial charge in [-0.15, -0.1) is 0 Å². The molecule has 0 aromatic heterocycles. The molecule has 0 saturated heterocycles. The van der Waals surface area contributed by atoms with E-state index in [0.717, 1.165) is 5.56 Å². The molecule has 0 aliphatic heterocycles. The van der Waals surface area contributed by atoms with Crippen molar-refractivity contribution in [3.05, 3.63) is 29.3 Å². The van der Waals surface area contributed by atoms with Crippen molar-refractivity contribution in [2.75, 3.05) is 0 Å². The minimum absolute atomic E-state index is 0.102. The third kappa shape index (κ3) is 2.78. The van der Waals surface area contributed by atoms with Crippen LogP contribution < -0.4 is 11.2 Å². The Bertz CT molecular complexity index is 374. The van der Waals surface area contributed by atoms with Crippen LogP contribution in [-0.4, -0.2) is 17.4 Å². The molecule has 1 rings (SSSR count). The van der Waals surface area contributed by atoms with Gasteiger partial charge in [-0.1, -0.05) is 11.6 Å². The highest BCUT2D eigenvalue weighted by atomic mass is 16.3. The number of primary amides is 1. The van der Waals surface area contributed by atoms with Crippen LogP contribution in [0.1, 0.15) is 11.1 Å². The van der Waals surface area contributed by atoms with Crippen molar-refractivity contribution in [1.82, 2.24) is 5.43 Å². The molecule has 0 fully saturated rings. The number of phenols is 1. The number of hydrogen-bond donors (Lipinski definition) is 3. The summed E-state index contributed by atoms with van der Waals surface area (Å²) in [6.45, 7) is 1.89. The minimum atomic E-state index is -0.742. The SMILES string of the molecule is Cc1ccc(O)c(/C=N\NC(N)=O)c1. The zero-order valence-corrected chi connectivity index (χ0v) is 7.69. The van der Waals surface area contributed by atoms with Gasteiger partial charge in [0, 0.05) is 5.56 Å². The summed E-state index contributed by atoms with van der Waals surface area (Å²) < 4.78 is 0. The van der Waals surface area contributed by atoms with E-state index in [1.165, 1.54) is 6.21 Å². The monoisotopic (exact) mass is 193 g/mol.